The predicted octanol–water partition coefficient (Wildman–Crippen LogP) is 3.02. The van der Waals surface area contributed by atoms with Crippen LogP contribution in [0.1, 0.15) is 12.0 Å². The van der Waals surface area contributed by atoms with Crippen LogP contribution in [0, 0.1) is 6.92 Å². The molecular weight excluding hydrogens is 397 g/mol. The van der Waals surface area contributed by atoms with Crippen molar-refractivity contribution in [3.63, 3.8) is 0 Å². The van der Waals surface area contributed by atoms with Gasteiger partial charge in [-0.05, 0) is 48.7 Å². The van der Waals surface area contributed by atoms with Crippen LogP contribution in [0.25, 0.3) is 20.7 Å². The normalized spacial score (nSPS) is 11.9. The fraction of sp³-hybridized carbons (Fsp3) is 0.333. The Bertz CT molecular complexity index is 1130. The van der Waals surface area contributed by atoms with E-state index in [9.17, 15) is 22.8 Å². The van der Waals surface area contributed by atoms with Crippen LogP contribution in [0.4, 0.5) is 13.2 Å². The van der Waals surface area contributed by atoms with Crippen LogP contribution in [0.2, 0.25) is 0 Å². The molecule has 0 aliphatic rings. The third kappa shape index (κ3) is 3.69. The number of thiophene rings is 1. The van der Waals surface area contributed by atoms with Crippen molar-refractivity contribution in [3.8, 4) is 16.2 Å². The summed E-state index contributed by atoms with van der Waals surface area (Å²) < 4.78 is 43.3. The molecule has 0 fully saturated rings. The maximum atomic E-state index is 12.8. The van der Waals surface area contributed by atoms with E-state index in [-0.39, 0.29) is 25.3 Å². The van der Waals surface area contributed by atoms with E-state index in [2.05, 4.69) is 4.74 Å². The maximum absolute atomic E-state index is 12.8. The highest BCUT2D eigenvalue weighted by molar-refractivity contribution is 7.22. The van der Waals surface area contributed by atoms with Gasteiger partial charge in [-0.15, -0.1) is 24.5 Å². The van der Waals surface area contributed by atoms with E-state index in [1.165, 1.54) is 40.2 Å². The topological polar surface area (TPSA) is 73.5 Å². The highest BCUT2D eigenvalue weighted by atomic mass is 32.1. The molecule has 3 aromatic rings. The molecule has 0 aliphatic carbocycles. The van der Waals surface area contributed by atoms with Crippen LogP contribution in [-0.4, -0.2) is 27.2 Å². The number of alkyl halides is 3. The van der Waals surface area contributed by atoms with E-state index in [0.717, 1.165) is 4.57 Å². The summed E-state index contributed by atoms with van der Waals surface area (Å²) in [6.07, 6.45) is -4.50. The van der Waals surface area contributed by atoms with Crippen LogP contribution in [0.3, 0.4) is 0 Å². The van der Waals surface area contributed by atoms with Crippen LogP contribution in [0.5, 0.6) is 5.75 Å². The molecule has 0 bridgehead atoms. The first-order valence-electron chi connectivity index (χ1n) is 8.34. The quantitative estimate of drug-likeness (QED) is 0.697. The summed E-state index contributed by atoms with van der Waals surface area (Å²) in [4.78, 5) is 26.5. The molecule has 0 spiro atoms. The van der Waals surface area contributed by atoms with Crippen molar-refractivity contribution in [1.29, 1.82) is 0 Å². The number of aromatic nitrogens is 2. The van der Waals surface area contributed by atoms with Crippen molar-refractivity contribution >= 4 is 21.6 Å². The van der Waals surface area contributed by atoms with Gasteiger partial charge in [0.1, 0.15) is 10.6 Å². The Labute approximate surface area is 161 Å². The monoisotopic (exact) mass is 414 g/mol. The van der Waals surface area contributed by atoms with Gasteiger partial charge < -0.3 is 9.84 Å². The van der Waals surface area contributed by atoms with E-state index >= 15 is 0 Å². The molecule has 28 heavy (non-hydrogen) atoms. The first kappa shape index (κ1) is 20.2. The number of halogens is 3. The second-order valence-corrected chi connectivity index (χ2v) is 7.18. The third-order valence-electron chi connectivity index (χ3n) is 4.30. The molecule has 10 heteroatoms. The summed E-state index contributed by atoms with van der Waals surface area (Å²) in [6.45, 7) is 1.69. The van der Waals surface area contributed by atoms with Gasteiger partial charge in [0, 0.05) is 25.1 Å². The first-order valence-corrected chi connectivity index (χ1v) is 9.15. The standard InChI is InChI=1S/C18H17F3N2O4S/c1-10-13-15(25)23(8-3-9-24)17(26)22(2)16(13)28-14(10)11-4-6-12(7-5-11)27-18(19,20)21/h4-7,24H,3,8-9H2,1-2H3. The first-order chi connectivity index (χ1) is 13.1. The average Bonchev–Trinajstić information content (AvgIpc) is 2.97. The van der Waals surface area contributed by atoms with Gasteiger partial charge in [0.15, 0.2) is 0 Å². The summed E-state index contributed by atoms with van der Waals surface area (Å²) in [7, 11) is 1.56. The lowest BCUT2D eigenvalue weighted by Gasteiger charge is -2.09. The Morgan fingerprint density at radius 1 is 1.18 bits per heavy atom. The minimum absolute atomic E-state index is 0.103. The lowest BCUT2D eigenvalue weighted by Crippen LogP contribution is -2.39. The van der Waals surface area contributed by atoms with Crippen LogP contribution in [0.15, 0.2) is 33.9 Å². The number of benzene rings is 1. The van der Waals surface area contributed by atoms with Gasteiger partial charge in [-0.25, -0.2) is 4.79 Å². The second-order valence-electron chi connectivity index (χ2n) is 6.18. The predicted molar refractivity (Wildman–Crippen MR) is 99.9 cm³/mol. The number of aliphatic hydroxyl groups excluding tert-OH is 1. The zero-order valence-corrected chi connectivity index (χ0v) is 15.9. The number of rotatable bonds is 5. The molecule has 2 aromatic heterocycles. The number of hydrogen-bond donors (Lipinski definition) is 1. The number of hydrogen-bond acceptors (Lipinski definition) is 5. The largest absolute Gasteiger partial charge is 0.573 e. The molecule has 0 saturated heterocycles. The lowest BCUT2D eigenvalue weighted by molar-refractivity contribution is -0.274. The molecule has 2 heterocycles. The smallest absolute Gasteiger partial charge is 0.406 e. The van der Waals surface area contributed by atoms with E-state index in [4.69, 9.17) is 5.11 Å². The number of aliphatic hydroxyl groups is 1. The third-order valence-corrected chi connectivity index (χ3v) is 5.72. The van der Waals surface area contributed by atoms with Crippen LogP contribution in [-0.2, 0) is 13.6 Å². The van der Waals surface area contributed by atoms with Crippen molar-refractivity contribution in [2.24, 2.45) is 7.05 Å². The Hall–Kier alpha value is -2.59. The maximum Gasteiger partial charge on any atom is 0.573 e. The van der Waals surface area contributed by atoms with E-state index in [0.29, 0.717) is 26.2 Å². The minimum atomic E-state index is -4.77. The molecular formula is C18H17F3N2O4S. The molecule has 0 saturated carbocycles. The summed E-state index contributed by atoms with van der Waals surface area (Å²) in [5.74, 6) is -0.339. The van der Waals surface area contributed by atoms with Gasteiger partial charge in [0.25, 0.3) is 5.56 Å². The van der Waals surface area contributed by atoms with Crippen LogP contribution >= 0.6 is 11.3 Å². The Balaban J connectivity index is 2.12. The molecule has 0 amide bonds. The Morgan fingerprint density at radius 3 is 2.39 bits per heavy atom. The fourth-order valence-corrected chi connectivity index (χ4v) is 4.25. The zero-order valence-electron chi connectivity index (χ0n) is 15.0. The molecule has 3 rings (SSSR count). The van der Waals surface area contributed by atoms with Crippen molar-refractivity contribution in [1.82, 2.24) is 9.13 Å². The summed E-state index contributed by atoms with van der Waals surface area (Å²) >= 11 is 1.22. The van der Waals surface area contributed by atoms with Crippen molar-refractivity contribution < 1.29 is 23.0 Å². The molecule has 1 aromatic carbocycles. The summed E-state index contributed by atoms with van der Waals surface area (Å²) in [5, 5.41) is 9.37. The van der Waals surface area contributed by atoms with Crippen molar-refractivity contribution in [2.75, 3.05) is 6.61 Å². The van der Waals surface area contributed by atoms with Gasteiger partial charge in [0.2, 0.25) is 0 Å². The average molecular weight is 414 g/mol. The van der Waals surface area contributed by atoms with E-state index in [1.54, 1.807) is 14.0 Å². The Kier molecular flexibility index (Phi) is 5.35. The number of fused-ring (bicyclic) bond motifs is 1. The number of nitrogens with zero attached hydrogens (tertiary/aromatic N) is 2. The van der Waals surface area contributed by atoms with Crippen molar-refractivity contribution in [3.05, 3.63) is 50.7 Å². The molecule has 1 N–H and O–H groups in total. The molecule has 150 valence electrons. The summed E-state index contributed by atoms with van der Waals surface area (Å²) in [6, 6.07) is 5.35. The highest BCUT2D eigenvalue weighted by Gasteiger charge is 2.31. The van der Waals surface area contributed by atoms with Gasteiger partial charge in [-0.1, -0.05) is 0 Å². The second kappa shape index (κ2) is 7.44. The highest BCUT2D eigenvalue weighted by Crippen LogP contribution is 2.37. The zero-order chi connectivity index (χ0) is 20.6. The SMILES string of the molecule is Cc1c(-c2ccc(OC(F)(F)F)cc2)sc2c1c(=O)n(CCCO)c(=O)n2C. The molecule has 0 radical (unpaired) electrons. The molecule has 0 aliphatic heterocycles. The van der Waals surface area contributed by atoms with E-state index < -0.39 is 17.6 Å². The van der Waals surface area contributed by atoms with Gasteiger partial charge in [0.05, 0.1) is 5.39 Å². The molecule has 0 atom stereocenters. The molecule has 6 nitrogen and oxygen atoms in total. The van der Waals surface area contributed by atoms with E-state index in [1.807, 2.05) is 0 Å². The van der Waals surface area contributed by atoms with Gasteiger partial charge in [-0.2, -0.15) is 0 Å². The summed E-state index contributed by atoms with van der Waals surface area (Å²) in [5.41, 5.74) is 0.334. The minimum Gasteiger partial charge on any atom is -0.406 e. The van der Waals surface area contributed by atoms with Gasteiger partial charge in [-0.3, -0.25) is 13.9 Å². The molecule has 0 unspecified atom stereocenters. The number of ether oxygens (including phenoxy) is 1. The van der Waals surface area contributed by atoms with Crippen molar-refractivity contribution in [2.45, 2.75) is 26.3 Å². The van der Waals surface area contributed by atoms with Gasteiger partial charge >= 0.3 is 12.1 Å². The lowest BCUT2D eigenvalue weighted by atomic mass is 10.1. The number of aryl methyl sites for hydroxylation is 2. The Morgan fingerprint density at radius 2 is 1.82 bits per heavy atom. The van der Waals surface area contributed by atoms with Crippen LogP contribution < -0.4 is 16.0 Å². The fourth-order valence-electron chi connectivity index (χ4n) is 2.99.